The van der Waals surface area contributed by atoms with Gasteiger partial charge in [-0.1, -0.05) is 53.9 Å². The number of methoxy groups -OCH3 is 1. The fraction of sp³-hybridized carbons (Fsp3) is 0.333. The molecule has 0 amide bonds. The summed E-state index contributed by atoms with van der Waals surface area (Å²) >= 11 is 6.07. The molecular formula is C18H22ClNO. The van der Waals surface area contributed by atoms with Crippen molar-refractivity contribution in [3.8, 4) is 5.75 Å². The number of rotatable bonds is 5. The molecule has 0 fully saturated rings. The first-order chi connectivity index (χ1) is 10.0. The number of benzene rings is 2. The lowest BCUT2D eigenvalue weighted by Crippen LogP contribution is -2.22. The molecule has 112 valence electrons. The van der Waals surface area contributed by atoms with Crippen LogP contribution in [-0.2, 0) is 0 Å². The lowest BCUT2D eigenvalue weighted by Gasteiger charge is -2.22. The molecule has 1 unspecified atom stereocenters. The van der Waals surface area contributed by atoms with E-state index in [0.717, 1.165) is 17.9 Å². The summed E-state index contributed by atoms with van der Waals surface area (Å²) in [4.78, 5) is 0. The van der Waals surface area contributed by atoms with E-state index in [0.29, 0.717) is 5.02 Å². The van der Waals surface area contributed by atoms with Crippen LogP contribution in [0.15, 0.2) is 36.4 Å². The van der Waals surface area contributed by atoms with E-state index in [9.17, 15) is 0 Å². The lowest BCUT2D eigenvalue weighted by atomic mass is 9.95. The molecule has 0 aromatic heterocycles. The van der Waals surface area contributed by atoms with Crippen molar-refractivity contribution < 1.29 is 4.74 Å². The van der Waals surface area contributed by atoms with Gasteiger partial charge in [-0.3, -0.25) is 0 Å². The van der Waals surface area contributed by atoms with Gasteiger partial charge in [-0.25, -0.2) is 0 Å². The third kappa shape index (κ3) is 3.78. The maximum absolute atomic E-state index is 6.07. The molecular weight excluding hydrogens is 282 g/mol. The number of halogens is 1. The quantitative estimate of drug-likeness (QED) is 0.867. The van der Waals surface area contributed by atoms with Crippen LogP contribution in [0.3, 0.4) is 0 Å². The van der Waals surface area contributed by atoms with Gasteiger partial charge in [0.05, 0.1) is 13.2 Å². The largest absolute Gasteiger partial charge is 0.496 e. The minimum absolute atomic E-state index is 0.0980. The zero-order valence-electron chi connectivity index (χ0n) is 13.0. The second-order valence-corrected chi connectivity index (χ2v) is 5.73. The molecule has 21 heavy (non-hydrogen) atoms. The molecule has 2 aromatic rings. The van der Waals surface area contributed by atoms with E-state index in [1.165, 1.54) is 16.7 Å². The van der Waals surface area contributed by atoms with Crippen LogP contribution in [0, 0.1) is 13.8 Å². The smallest absolute Gasteiger partial charge is 0.125 e. The minimum atomic E-state index is 0.0980. The molecule has 0 bridgehead atoms. The summed E-state index contributed by atoms with van der Waals surface area (Å²) < 4.78 is 5.51. The molecule has 3 heteroatoms. The molecule has 1 atom stereocenters. The Bertz CT molecular complexity index is 604. The summed E-state index contributed by atoms with van der Waals surface area (Å²) in [6, 6.07) is 12.5. The summed E-state index contributed by atoms with van der Waals surface area (Å²) in [5.41, 5.74) is 4.88. The first-order valence-electron chi connectivity index (χ1n) is 7.20. The molecule has 0 spiro atoms. The Morgan fingerprint density at radius 3 is 2.33 bits per heavy atom. The van der Waals surface area contributed by atoms with Crippen LogP contribution in [0.5, 0.6) is 5.75 Å². The number of nitrogens with one attached hydrogen (secondary N) is 1. The number of ether oxygens (including phenoxy) is 1. The highest BCUT2D eigenvalue weighted by Crippen LogP contribution is 2.33. The standard InChI is InChI=1S/C18H22ClNO/c1-5-20-18(14-9-12(2)8-13(3)10-14)16-7-6-15(19)11-17(16)21-4/h6-11,18,20H,5H2,1-4H3. The predicted molar refractivity (Wildman–Crippen MR) is 89.4 cm³/mol. The summed E-state index contributed by atoms with van der Waals surface area (Å²) in [5, 5.41) is 4.23. The molecule has 2 nitrogen and oxygen atoms in total. The normalized spacial score (nSPS) is 12.2. The van der Waals surface area contributed by atoms with E-state index in [1.807, 2.05) is 18.2 Å². The molecule has 2 rings (SSSR count). The van der Waals surface area contributed by atoms with Gasteiger partial charge in [0, 0.05) is 10.6 Å². The first-order valence-corrected chi connectivity index (χ1v) is 7.58. The van der Waals surface area contributed by atoms with Gasteiger partial charge in [-0.2, -0.15) is 0 Å². The maximum atomic E-state index is 6.07. The van der Waals surface area contributed by atoms with Crippen molar-refractivity contribution in [1.29, 1.82) is 0 Å². The summed E-state index contributed by atoms with van der Waals surface area (Å²) in [7, 11) is 1.68. The Morgan fingerprint density at radius 1 is 1.10 bits per heavy atom. The zero-order chi connectivity index (χ0) is 15.4. The van der Waals surface area contributed by atoms with Gasteiger partial charge in [-0.15, -0.1) is 0 Å². The number of aryl methyl sites for hydroxylation is 2. The third-order valence-corrected chi connectivity index (χ3v) is 3.73. The fourth-order valence-electron chi connectivity index (χ4n) is 2.71. The molecule has 0 aliphatic heterocycles. The second-order valence-electron chi connectivity index (χ2n) is 5.30. The highest BCUT2D eigenvalue weighted by atomic mass is 35.5. The zero-order valence-corrected chi connectivity index (χ0v) is 13.8. The van der Waals surface area contributed by atoms with Gasteiger partial charge in [0.25, 0.3) is 0 Å². The van der Waals surface area contributed by atoms with Gasteiger partial charge < -0.3 is 10.1 Å². The molecule has 0 aliphatic carbocycles. The maximum Gasteiger partial charge on any atom is 0.125 e. The number of hydrogen-bond acceptors (Lipinski definition) is 2. The molecule has 0 aliphatic rings. The van der Waals surface area contributed by atoms with E-state index in [-0.39, 0.29) is 6.04 Å². The van der Waals surface area contributed by atoms with Crippen LogP contribution in [0.2, 0.25) is 5.02 Å². The van der Waals surface area contributed by atoms with Gasteiger partial charge in [0.2, 0.25) is 0 Å². The highest BCUT2D eigenvalue weighted by Gasteiger charge is 2.18. The molecule has 0 heterocycles. The Kier molecular flexibility index (Phi) is 5.27. The van der Waals surface area contributed by atoms with Crippen LogP contribution in [0.4, 0.5) is 0 Å². The Balaban J connectivity index is 2.52. The van der Waals surface area contributed by atoms with Crippen LogP contribution in [0.1, 0.15) is 35.2 Å². The van der Waals surface area contributed by atoms with Crippen molar-refractivity contribution in [3.63, 3.8) is 0 Å². The molecule has 0 radical (unpaired) electrons. The van der Waals surface area contributed by atoms with Crippen molar-refractivity contribution in [1.82, 2.24) is 5.32 Å². The van der Waals surface area contributed by atoms with E-state index >= 15 is 0 Å². The molecule has 0 saturated carbocycles. The van der Waals surface area contributed by atoms with Crippen molar-refractivity contribution in [2.24, 2.45) is 0 Å². The van der Waals surface area contributed by atoms with Gasteiger partial charge in [0.1, 0.15) is 5.75 Å². The van der Waals surface area contributed by atoms with E-state index < -0.39 is 0 Å². The third-order valence-electron chi connectivity index (χ3n) is 3.49. The topological polar surface area (TPSA) is 21.3 Å². The van der Waals surface area contributed by atoms with Crippen molar-refractivity contribution in [2.75, 3.05) is 13.7 Å². The summed E-state index contributed by atoms with van der Waals surface area (Å²) in [6.07, 6.45) is 0. The average Bonchev–Trinajstić information content (AvgIpc) is 2.44. The molecule has 1 N–H and O–H groups in total. The van der Waals surface area contributed by atoms with Crippen molar-refractivity contribution >= 4 is 11.6 Å². The summed E-state index contributed by atoms with van der Waals surface area (Å²) in [5.74, 6) is 0.813. The highest BCUT2D eigenvalue weighted by molar-refractivity contribution is 6.30. The molecule has 2 aromatic carbocycles. The first kappa shape index (κ1) is 15.9. The Labute approximate surface area is 132 Å². The van der Waals surface area contributed by atoms with E-state index in [1.54, 1.807) is 7.11 Å². The monoisotopic (exact) mass is 303 g/mol. The Hall–Kier alpha value is -1.51. The molecule has 0 saturated heterocycles. The average molecular weight is 304 g/mol. The Morgan fingerprint density at radius 2 is 1.76 bits per heavy atom. The SMILES string of the molecule is CCNC(c1cc(C)cc(C)c1)c1ccc(Cl)cc1OC. The van der Waals surface area contributed by atoms with Gasteiger partial charge in [0.15, 0.2) is 0 Å². The van der Waals surface area contributed by atoms with E-state index in [4.69, 9.17) is 16.3 Å². The fourth-order valence-corrected chi connectivity index (χ4v) is 2.87. The van der Waals surface area contributed by atoms with Gasteiger partial charge >= 0.3 is 0 Å². The van der Waals surface area contributed by atoms with Gasteiger partial charge in [-0.05, 0) is 38.1 Å². The van der Waals surface area contributed by atoms with Crippen LogP contribution < -0.4 is 10.1 Å². The van der Waals surface area contributed by atoms with Crippen LogP contribution in [0.25, 0.3) is 0 Å². The second kappa shape index (κ2) is 6.97. The number of hydrogen-bond donors (Lipinski definition) is 1. The van der Waals surface area contributed by atoms with Crippen molar-refractivity contribution in [2.45, 2.75) is 26.8 Å². The lowest BCUT2D eigenvalue weighted by molar-refractivity contribution is 0.404. The predicted octanol–water partition coefficient (Wildman–Crippen LogP) is 4.66. The minimum Gasteiger partial charge on any atom is -0.496 e. The summed E-state index contributed by atoms with van der Waals surface area (Å²) in [6.45, 7) is 7.23. The van der Waals surface area contributed by atoms with Crippen LogP contribution in [-0.4, -0.2) is 13.7 Å². The van der Waals surface area contributed by atoms with E-state index in [2.05, 4.69) is 44.3 Å². The van der Waals surface area contributed by atoms with Crippen LogP contribution >= 0.6 is 11.6 Å². The van der Waals surface area contributed by atoms with Crippen molar-refractivity contribution in [3.05, 3.63) is 63.7 Å².